The summed E-state index contributed by atoms with van der Waals surface area (Å²) >= 11 is 0. The third-order valence-corrected chi connectivity index (χ3v) is 4.24. The van der Waals surface area contributed by atoms with Gasteiger partial charge in [-0.15, -0.1) is 0 Å². The summed E-state index contributed by atoms with van der Waals surface area (Å²) in [6, 6.07) is 7.87. The van der Waals surface area contributed by atoms with Gasteiger partial charge < -0.3 is 25.0 Å². The highest BCUT2D eigenvalue weighted by Gasteiger charge is 2.09. The number of ether oxygens (including phenoxy) is 2. The molecule has 2 N–H and O–H groups in total. The van der Waals surface area contributed by atoms with Gasteiger partial charge in [-0.3, -0.25) is 9.79 Å². The zero-order valence-corrected chi connectivity index (χ0v) is 17.8. The van der Waals surface area contributed by atoms with Crippen molar-refractivity contribution in [3.8, 4) is 5.75 Å². The van der Waals surface area contributed by atoms with E-state index in [1.807, 2.05) is 49.9 Å². The zero-order valence-electron chi connectivity index (χ0n) is 17.8. The summed E-state index contributed by atoms with van der Waals surface area (Å²) in [5, 5.41) is 6.42. The molecule has 0 spiro atoms. The van der Waals surface area contributed by atoms with E-state index in [2.05, 4.69) is 15.6 Å². The summed E-state index contributed by atoms with van der Waals surface area (Å²) in [5.74, 6) is 1.76. The summed E-state index contributed by atoms with van der Waals surface area (Å²) in [4.78, 5) is 18.4. The molecule has 0 aliphatic heterocycles. The third-order valence-electron chi connectivity index (χ3n) is 4.24. The lowest BCUT2D eigenvalue weighted by Gasteiger charge is -2.19. The van der Waals surface area contributed by atoms with Crippen LogP contribution in [0.1, 0.15) is 39.2 Å². The number of aliphatic imine (C=N–C) groups is 1. The van der Waals surface area contributed by atoms with Crippen molar-refractivity contribution in [1.82, 2.24) is 15.5 Å². The zero-order chi connectivity index (χ0) is 20.6. The molecule has 0 unspecified atom stereocenters. The van der Waals surface area contributed by atoms with Gasteiger partial charge in [-0.1, -0.05) is 12.1 Å². The number of amides is 1. The molecule has 0 saturated heterocycles. The van der Waals surface area contributed by atoms with E-state index in [9.17, 15) is 4.79 Å². The first-order chi connectivity index (χ1) is 13.6. The highest BCUT2D eigenvalue weighted by Crippen LogP contribution is 2.11. The summed E-state index contributed by atoms with van der Waals surface area (Å²) in [5.41, 5.74) is 1.12. The maximum absolute atomic E-state index is 12.0. The highest BCUT2D eigenvalue weighted by molar-refractivity contribution is 5.81. The molecular formula is C21H36N4O3. The SMILES string of the molecule is CCNC(=NCCCOCc1ccc(OC)cc1)NCCC(=O)N(CC)CC. The number of methoxy groups -OCH3 is 1. The quantitative estimate of drug-likeness (QED) is 0.306. The Morgan fingerprint density at radius 1 is 1.11 bits per heavy atom. The summed E-state index contributed by atoms with van der Waals surface area (Å²) < 4.78 is 10.8. The van der Waals surface area contributed by atoms with E-state index in [0.29, 0.717) is 32.7 Å². The number of nitrogens with one attached hydrogen (secondary N) is 2. The van der Waals surface area contributed by atoms with Crippen LogP contribution in [0, 0.1) is 0 Å². The van der Waals surface area contributed by atoms with Crippen molar-refractivity contribution in [2.75, 3.05) is 46.4 Å². The van der Waals surface area contributed by atoms with Gasteiger partial charge in [0.2, 0.25) is 5.91 Å². The topological polar surface area (TPSA) is 75.2 Å². The minimum Gasteiger partial charge on any atom is -0.497 e. The maximum Gasteiger partial charge on any atom is 0.224 e. The fourth-order valence-electron chi connectivity index (χ4n) is 2.63. The number of guanidine groups is 1. The smallest absolute Gasteiger partial charge is 0.224 e. The number of carbonyl (C=O) groups is 1. The third kappa shape index (κ3) is 9.60. The Bertz CT molecular complexity index is 572. The van der Waals surface area contributed by atoms with E-state index < -0.39 is 0 Å². The second-order valence-corrected chi connectivity index (χ2v) is 6.26. The normalized spacial score (nSPS) is 11.2. The molecule has 1 rings (SSSR count). The second-order valence-electron chi connectivity index (χ2n) is 6.26. The van der Waals surface area contributed by atoms with E-state index in [-0.39, 0.29) is 5.91 Å². The molecule has 0 fully saturated rings. The van der Waals surface area contributed by atoms with Crippen LogP contribution in [-0.2, 0) is 16.1 Å². The van der Waals surface area contributed by atoms with Crippen LogP contribution >= 0.6 is 0 Å². The van der Waals surface area contributed by atoms with Gasteiger partial charge in [-0.25, -0.2) is 0 Å². The Hall–Kier alpha value is -2.28. The first kappa shape index (κ1) is 23.8. The lowest BCUT2D eigenvalue weighted by molar-refractivity contribution is -0.130. The number of benzene rings is 1. The van der Waals surface area contributed by atoms with Crippen molar-refractivity contribution in [2.24, 2.45) is 4.99 Å². The molecule has 28 heavy (non-hydrogen) atoms. The Labute approximate surface area is 169 Å². The van der Waals surface area contributed by atoms with Gasteiger partial charge >= 0.3 is 0 Å². The highest BCUT2D eigenvalue weighted by atomic mass is 16.5. The van der Waals surface area contributed by atoms with Gasteiger partial charge in [0.25, 0.3) is 0 Å². The fraction of sp³-hybridized carbons (Fsp3) is 0.619. The minimum absolute atomic E-state index is 0.167. The lowest BCUT2D eigenvalue weighted by atomic mass is 10.2. The average Bonchev–Trinajstić information content (AvgIpc) is 2.71. The van der Waals surface area contributed by atoms with Gasteiger partial charge in [0.1, 0.15) is 5.75 Å². The minimum atomic E-state index is 0.167. The molecule has 0 aromatic heterocycles. The Morgan fingerprint density at radius 3 is 2.43 bits per heavy atom. The molecule has 1 aromatic rings. The van der Waals surface area contributed by atoms with Gasteiger partial charge in [-0.05, 0) is 44.9 Å². The molecule has 158 valence electrons. The summed E-state index contributed by atoms with van der Waals surface area (Å²) in [7, 11) is 1.66. The first-order valence-electron chi connectivity index (χ1n) is 10.1. The molecule has 7 nitrogen and oxygen atoms in total. The molecule has 0 saturated carbocycles. The van der Waals surface area contributed by atoms with Gasteiger partial charge in [0.15, 0.2) is 5.96 Å². The number of hydrogen-bond donors (Lipinski definition) is 2. The predicted molar refractivity (Wildman–Crippen MR) is 114 cm³/mol. The van der Waals surface area contributed by atoms with E-state index in [0.717, 1.165) is 43.3 Å². The number of rotatable bonds is 13. The number of nitrogens with zero attached hydrogens (tertiary/aromatic N) is 2. The van der Waals surface area contributed by atoms with Crippen LogP contribution in [0.3, 0.4) is 0 Å². The number of hydrogen-bond acceptors (Lipinski definition) is 4. The van der Waals surface area contributed by atoms with Gasteiger partial charge in [-0.2, -0.15) is 0 Å². The fourth-order valence-corrected chi connectivity index (χ4v) is 2.63. The lowest BCUT2D eigenvalue weighted by Crippen LogP contribution is -2.40. The summed E-state index contributed by atoms with van der Waals surface area (Å²) in [6.07, 6.45) is 1.31. The molecule has 0 bridgehead atoms. The van der Waals surface area contributed by atoms with Crippen LogP contribution in [0.4, 0.5) is 0 Å². The van der Waals surface area contributed by atoms with Crippen LogP contribution in [0.5, 0.6) is 5.75 Å². The van der Waals surface area contributed by atoms with Crippen LogP contribution < -0.4 is 15.4 Å². The van der Waals surface area contributed by atoms with Crippen molar-refractivity contribution in [3.05, 3.63) is 29.8 Å². The van der Waals surface area contributed by atoms with Gasteiger partial charge in [0.05, 0.1) is 13.7 Å². The van der Waals surface area contributed by atoms with Crippen molar-refractivity contribution in [3.63, 3.8) is 0 Å². The largest absolute Gasteiger partial charge is 0.497 e. The standard InChI is InChI=1S/C21H36N4O3/c1-5-22-21(24-15-13-20(26)25(6-2)7-3)23-14-8-16-28-17-18-9-11-19(27-4)12-10-18/h9-12H,5-8,13-17H2,1-4H3,(H2,22,23,24). The van der Waals surface area contributed by atoms with Crippen molar-refractivity contribution in [2.45, 2.75) is 40.2 Å². The molecule has 0 heterocycles. The van der Waals surface area contributed by atoms with Crippen LogP contribution in [0.25, 0.3) is 0 Å². The molecular weight excluding hydrogens is 356 g/mol. The molecule has 1 amide bonds. The van der Waals surface area contributed by atoms with Crippen molar-refractivity contribution < 1.29 is 14.3 Å². The second kappa shape index (κ2) is 14.7. The Kier molecular flexibility index (Phi) is 12.5. The van der Waals surface area contributed by atoms with E-state index >= 15 is 0 Å². The van der Waals surface area contributed by atoms with Crippen LogP contribution in [0.15, 0.2) is 29.3 Å². The van der Waals surface area contributed by atoms with E-state index in [4.69, 9.17) is 9.47 Å². The monoisotopic (exact) mass is 392 g/mol. The molecule has 0 radical (unpaired) electrons. The Morgan fingerprint density at radius 2 is 1.82 bits per heavy atom. The Balaban J connectivity index is 2.24. The van der Waals surface area contributed by atoms with Crippen LogP contribution in [0.2, 0.25) is 0 Å². The van der Waals surface area contributed by atoms with E-state index in [1.54, 1.807) is 7.11 Å². The molecule has 0 aliphatic carbocycles. The van der Waals surface area contributed by atoms with Crippen molar-refractivity contribution in [1.29, 1.82) is 0 Å². The van der Waals surface area contributed by atoms with Gasteiger partial charge in [0, 0.05) is 45.8 Å². The molecule has 7 heteroatoms. The maximum atomic E-state index is 12.0. The van der Waals surface area contributed by atoms with E-state index in [1.165, 1.54) is 0 Å². The average molecular weight is 393 g/mol. The molecule has 0 aliphatic rings. The summed E-state index contributed by atoms with van der Waals surface area (Å²) in [6.45, 7) is 10.8. The van der Waals surface area contributed by atoms with Crippen LogP contribution in [-0.4, -0.2) is 63.2 Å². The van der Waals surface area contributed by atoms with Crippen molar-refractivity contribution >= 4 is 11.9 Å². The molecule has 0 atom stereocenters. The molecule has 1 aromatic carbocycles. The predicted octanol–water partition coefficient (Wildman–Crippen LogP) is 2.42. The number of carbonyl (C=O) groups excluding carboxylic acids is 1. The first-order valence-corrected chi connectivity index (χ1v) is 10.1.